The summed E-state index contributed by atoms with van der Waals surface area (Å²) in [5.74, 6) is -0.453. The summed E-state index contributed by atoms with van der Waals surface area (Å²) in [7, 11) is 0. The van der Waals surface area contributed by atoms with Gasteiger partial charge in [0.2, 0.25) is 0 Å². The Labute approximate surface area is 113 Å². The molecule has 0 amide bonds. The van der Waals surface area contributed by atoms with Gasteiger partial charge >= 0.3 is 12.5 Å². The number of nitriles is 1. The first kappa shape index (κ1) is 17.5. The van der Waals surface area contributed by atoms with Gasteiger partial charge in [0.05, 0.1) is 12.5 Å². The zero-order valence-corrected chi connectivity index (χ0v) is 10.3. The van der Waals surface area contributed by atoms with Crippen LogP contribution < -0.4 is 10.5 Å². The number of halogens is 5. The molecule has 0 aromatic heterocycles. The molecule has 0 radical (unpaired) electrons. The molecule has 0 unspecified atom stereocenters. The van der Waals surface area contributed by atoms with E-state index >= 15 is 0 Å². The van der Waals surface area contributed by atoms with Gasteiger partial charge in [-0.05, 0) is 6.07 Å². The van der Waals surface area contributed by atoms with Crippen molar-refractivity contribution in [3.05, 3.63) is 29.8 Å². The van der Waals surface area contributed by atoms with Gasteiger partial charge in [0.25, 0.3) is 0 Å². The number of para-hydroxylation sites is 1. The molecule has 0 aliphatic rings. The van der Waals surface area contributed by atoms with Gasteiger partial charge in [0.1, 0.15) is 5.75 Å². The summed E-state index contributed by atoms with van der Waals surface area (Å²) in [5.41, 5.74) is 5.65. The number of hydrogen-bond donors (Lipinski definition) is 1. The molecular formula is C11H11ClF4N2O. The van der Waals surface area contributed by atoms with Crippen LogP contribution in [0.3, 0.4) is 0 Å². The summed E-state index contributed by atoms with van der Waals surface area (Å²) < 4.78 is 53.6. The van der Waals surface area contributed by atoms with Gasteiger partial charge in [-0.25, -0.2) is 0 Å². The number of hydrogen-bond acceptors (Lipinski definition) is 3. The minimum Gasteiger partial charge on any atom is -0.428 e. The maximum absolute atomic E-state index is 12.8. The highest BCUT2D eigenvalue weighted by Gasteiger charge is 2.44. The molecule has 0 aliphatic carbocycles. The third-order valence-corrected chi connectivity index (χ3v) is 2.13. The lowest BCUT2D eigenvalue weighted by atomic mass is 10.0. The van der Waals surface area contributed by atoms with E-state index < -0.39 is 24.3 Å². The van der Waals surface area contributed by atoms with Crippen LogP contribution in [-0.2, 0) is 0 Å². The number of nitrogens with zero attached hydrogens (tertiary/aromatic N) is 1. The van der Waals surface area contributed by atoms with Crippen molar-refractivity contribution < 1.29 is 22.3 Å². The van der Waals surface area contributed by atoms with E-state index in [1.54, 1.807) is 6.07 Å². The number of alkyl halides is 4. The van der Waals surface area contributed by atoms with E-state index in [0.717, 1.165) is 6.07 Å². The molecule has 2 N–H and O–H groups in total. The highest BCUT2D eigenvalue weighted by Crippen LogP contribution is 2.32. The molecule has 106 valence electrons. The van der Waals surface area contributed by atoms with Crippen LogP contribution in [0.25, 0.3) is 0 Å². The molecule has 0 saturated carbocycles. The Bertz CT molecular complexity index is 451. The Balaban J connectivity index is 0.00000324. The molecule has 0 spiro atoms. The second kappa shape index (κ2) is 7.16. The van der Waals surface area contributed by atoms with E-state index in [1.165, 1.54) is 18.2 Å². The molecule has 0 heterocycles. The third-order valence-electron chi connectivity index (χ3n) is 2.13. The summed E-state index contributed by atoms with van der Waals surface area (Å²) in [6, 6.07) is 6.17. The van der Waals surface area contributed by atoms with Gasteiger partial charge < -0.3 is 10.5 Å². The fourth-order valence-corrected chi connectivity index (χ4v) is 1.28. The normalized spacial score (nSPS) is 12.5. The van der Waals surface area contributed by atoms with Crippen molar-refractivity contribution in [2.45, 2.75) is 25.0 Å². The van der Waals surface area contributed by atoms with Gasteiger partial charge in [-0.2, -0.15) is 22.8 Å². The van der Waals surface area contributed by atoms with Crippen LogP contribution in [0.4, 0.5) is 17.6 Å². The zero-order valence-electron chi connectivity index (χ0n) is 9.52. The van der Waals surface area contributed by atoms with E-state index in [4.69, 9.17) is 11.0 Å². The van der Waals surface area contributed by atoms with E-state index in [9.17, 15) is 17.6 Å². The van der Waals surface area contributed by atoms with Crippen molar-refractivity contribution in [2.75, 3.05) is 0 Å². The molecule has 8 heteroatoms. The fraction of sp³-hybridized carbons (Fsp3) is 0.364. The average Bonchev–Trinajstić information content (AvgIpc) is 2.29. The zero-order chi connectivity index (χ0) is 13.8. The van der Waals surface area contributed by atoms with Crippen LogP contribution in [0.15, 0.2) is 24.3 Å². The first-order chi connectivity index (χ1) is 8.38. The molecular weight excluding hydrogens is 288 g/mol. The quantitative estimate of drug-likeness (QED) is 0.849. The Hall–Kier alpha value is -1.52. The van der Waals surface area contributed by atoms with Crippen LogP contribution in [-0.4, -0.2) is 12.5 Å². The lowest BCUT2D eigenvalue weighted by Gasteiger charge is -2.20. The molecule has 0 aliphatic heterocycles. The molecule has 1 atom stereocenters. The van der Waals surface area contributed by atoms with Crippen LogP contribution in [0, 0.1) is 11.3 Å². The lowest BCUT2D eigenvalue weighted by Crippen LogP contribution is -2.34. The second-order valence-electron chi connectivity index (χ2n) is 3.47. The molecule has 1 aromatic carbocycles. The molecule has 19 heavy (non-hydrogen) atoms. The summed E-state index contributed by atoms with van der Waals surface area (Å²) in [4.78, 5) is 0. The third kappa shape index (κ3) is 4.58. The Kier molecular flexibility index (Phi) is 6.59. The van der Waals surface area contributed by atoms with Crippen LogP contribution in [0.5, 0.6) is 5.75 Å². The van der Waals surface area contributed by atoms with Gasteiger partial charge in [0.15, 0.2) is 0 Å². The first-order valence-corrected chi connectivity index (χ1v) is 4.95. The summed E-state index contributed by atoms with van der Waals surface area (Å²) in [6.07, 6.45) is -8.68. The van der Waals surface area contributed by atoms with Gasteiger partial charge in [-0.1, -0.05) is 18.2 Å². The van der Waals surface area contributed by atoms with E-state index in [1.807, 2.05) is 0 Å². The Morgan fingerprint density at radius 2 is 1.89 bits per heavy atom. The second-order valence-corrected chi connectivity index (χ2v) is 3.47. The van der Waals surface area contributed by atoms with E-state index in [-0.39, 0.29) is 24.4 Å². The maximum Gasteiger partial charge on any atom is 0.461 e. The topological polar surface area (TPSA) is 59.0 Å². The molecule has 1 rings (SSSR count). The highest BCUT2D eigenvalue weighted by atomic mass is 35.5. The van der Waals surface area contributed by atoms with Gasteiger partial charge in [-0.15, -0.1) is 12.4 Å². The van der Waals surface area contributed by atoms with Crippen LogP contribution >= 0.6 is 12.4 Å². The smallest absolute Gasteiger partial charge is 0.428 e. The number of ether oxygens (including phenoxy) is 1. The van der Waals surface area contributed by atoms with Crippen molar-refractivity contribution >= 4 is 12.4 Å². The molecule has 0 saturated heterocycles. The molecule has 1 aromatic rings. The molecule has 3 nitrogen and oxygen atoms in total. The molecule has 0 bridgehead atoms. The van der Waals surface area contributed by atoms with Crippen molar-refractivity contribution in [1.82, 2.24) is 0 Å². The highest BCUT2D eigenvalue weighted by molar-refractivity contribution is 5.85. The predicted molar refractivity (Wildman–Crippen MR) is 62.4 cm³/mol. The first-order valence-electron chi connectivity index (χ1n) is 4.95. The SMILES string of the molecule is Cl.N#CC[C@H](N)c1ccccc1OC(F)(F)C(F)F. The van der Waals surface area contributed by atoms with Crippen LogP contribution in [0.2, 0.25) is 0 Å². The van der Waals surface area contributed by atoms with Gasteiger partial charge in [0, 0.05) is 11.6 Å². The molecule has 0 fully saturated rings. The van der Waals surface area contributed by atoms with E-state index in [2.05, 4.69) is 4.74 Å². The minimum atomic E-state index is -4.59. The monoisotopic (exact) mass is 298 g/mol. The van der Waals surface area contributed by atoms with Crippen molar-refractivity contribution in [1.29, 1.82) is 5.26 Å². The average molecular weight is 299 g/mol. The summed E-state index contributed by atoms with van der Waals surface area (Å²) >= 11 is 0. The summed E-state index contributed by atoms with van der Waals surface area (Å²) in [5, 5.41) is 8.47. The number of rotatable bonds is 5. The van der Waals surface area contributed by atoms with Crippen molar-refractivity contribution in [2.24, 2.45) is 5.73 Å². The standard InChI is InChI=1S/C11H10F4N2O.ClH/c12-10(13)11(14,15)18-9-4-2-1-3-7(9)8(17)5-6-16;/h1-4,8,10H,5,17H2;1H/t8-;/m0./s1. The predicted octanol–water partition coefficient (Wildman–Crippen LogP) is 3.26. The fourth-order valence-electron chi connectivity index (χ4n) is 1.28. The van der Waals surface area contributed by atoms with Crippen molar-refractivity contribution in [3.8, 4) is 11.8 Å². The Morgan fingerprint density at radius 1 is 1.32 bits per heavy atom. The van der Waals surface area contributed by atoms with E-state index in [0.29, 0.717) is 0 Å². The number of nitrogens with two attached hydrogens (primary N) is 1. The Morgan fingerprint density at radius 3 is 2.42 bits per heavy atom. The maximum atomic E-state index is 12.8. The van der Waals surface area contributed by atoms with Crippen LogP contribution in [0.1, 0.15) is 18.0 Å². The van der Waals surface area contributed by atoms with Gasteiger partial charge in [-0.3, -0.25) is 0 Å². The number of benzene rings is 1. The summed E-state index contributed by atoms with van der Waals surface area (Å²) in [6.45, 7) is 0. The largest absolute Gasteiger partial charge is 0.461 e. The minimum absolute atomic E-state index is 0. The van der Waals surface area contributed by atoms with Crippen molar-refractivity contribution in [3.63, 3.8) is 0 Å². The lowest BCUT2D eigenvalue weighted by molar-refractivity contribution is -0.253.